The highest BCUT2D eigenvalue weighted by Gasteiger charge is 2.33. The molecule has 0 atom stereocenters. The van der Waals surface area contributed by atoms with Crippen molar-refractivity contribution in [2.75, 3.05) is 18.0 Å². The molecule has 20 heavy (non-hydrogen) atoms. The van der Waals surface area contributed by atoms with Gasteiger partial charge in [-0.1, -0.05) is 25.1 Å². The maximum absolute atomic E-state index is 7.74. The summed E-state index contributed by atoms with van der Waals surface area (Å²) in [5.74, 6) is 0.316. The van der Waals surface area contributed by atoms with Crippen molar-refractivity contribution in [2.24, 2.45) is 11.1 Å². The molecule has 1 aromatic carbocycles. The van der Waals surface area contributed by atoms with Gasteiger partial charge < -0.3 is 10.6 Å². The molecule has 1 aliphatic heterocycles. The number of nitrogens with zero attached hydrogens (tertiary/aromatic N) is 2. The SMILES string of the molecule is CC1(C(=N)N)CCN(c2ccnc3ccccc23)CC1. The lowest BCUT2D eigenvalue weighted by Gasteiger charge is -2.40. The lowest BCUT2D eigenvalue weighted by molar-refractivity contribution is 0.351. The topological polar surface area (TPSA) is 66.0 Å². The van der Waals surface area contributed by atoms with Crippen LogP contribution in [0.2, 0.25) is 0 Å². The van der Waals surface area contributed by atoms with Crippen LogP contribution in [0.4, 0.5) is 5.69 Å². The number of aromatic nitrogens is 1. The lowest BCUT2D eigenvalue weighted by atomic mass is 9.79. The summed E-state index contributed by atoms with van der Waals surface area (Å²) in [4.78, 5) is 6.80. The number of hydrogen-bond acceptors (Lipinski definition) is 3. The molecule has 2 aromatic rings. The highest BCUT2D eigenvalue weighted by atomic mass is 15.1. The number of para-hydroxylation sites is 1. The Balaban J connectivity index is 1.89. The maximum Gasteiger partial charge on any atom is 0.0967 e. The minimum absolute atomic E-state index is 0.140. The van der Waals surface area contributed by atoms with Crippen LogP contribution in [-0.2, 0) is 0 Å². The Hall–Kier alpha value is -2.10. The number of rotatable bonds is 2. The molecule has 0 spiro atoms. The maximum atomic E-state index is 7.74. The summed E-state index contributed by atoms with van der Waals surface area (Å²) in [5, 5.41) is 8.93. The minimum Gasteiger partial charge on any atom is -0.387 e. The van der Waals surface area contributed by atoms with E-state index in [1.165, 1.54) is 11.1 Å². The monoisotopic (exact) mass is 268 g/mol. The van der Waals surface area contributed by atoms with E-state index in [-0.39, 0.29) is 5.41 Å². The normalized spacial score (nSPS) is 18.1. The smallest absolute Gasteiger partial charge is 0.0967 e. The molecular weight excluding hydrogens is 248 g/mol. The fourth-order valence-corrected chi connectivity index (χ4v) is 2.87. The Kier molecular flexibility index (Phi) is 3.08. The van der Waals surface area contributed by atoms with Gasteiger partial charge in [0, 0.05) is 35.8 Å². The molecule has 0 unspecified atom stereocenters. The number of nitrogens with one attached hydrogen (secondary N) is 1. The van der Waals surface area contributed by atoms with E-state index >= 15 is 0 Å². The van der Waals surface area contributed by atoms with Crippen molar-refractivity contribution in [1.29, 1.82) is 5.41 Å². The van der Waals surface area contributed by atoms with E-state index in [1.807, 2.05) is 18.3 Å². The molecule has 0 amide bonds. The molecule has 0 aliphatic carbocycles. The third kappa shape index (κ3) is 2.11. The zero-order chi connectivity index (χ0) is 14.2. The molecule has 1 aromatic heterocycles. The molecule has 1 fully saturated rings. The predicted molar refractivity (Wildman–Crippen MR) is 83.2 cm³/mol. The molecule has 0 radical (unpaired) electrons. The van der Waals surface area contributed by atoms with Gasteiger partial charge >= 0.3 is 0 Å². The third-order valence-electron chi connectivity index (χ3n) is 4.48. The largest absolute Gasteiger partial charge is 0.387 e. The minimum atomic E-state index is -0.140. The summed E-state index contributed by atoms with van der Waals surface area (Å²) < 4.78 is 0. The van der Waals surface area contributed by atoms with Crippen LogP contribution in [0.15, 0.2) is 36.5 Å². The molecule has 3 rings (SSSR count). The number of hydrogen-bond donors (Lipinski definition) is 2. The van der Waals surface area contributed by atoms with Crippen LogP contribution in [-0.4, -0.2) is 23.9 Å². The Labute approximate surface area is 119 Å². The lowest BCUT2D eigenvalue weighted by Crippen LogP contribution is -2.45. The summed E-state index contributed by atoms with van der Waals surface area (Å²) in [5.41, 5.74) is 7.86. The van der Waals surface area contributed by atoms with Crippen LogP contribution >= 0.6 is 0 Å². The van der Waals surface area contributed by atoms with E-state index in [1.54, 1.807) is 0 Å². The molecular formula is C16H20N4. The number of anilines is 1. The molecule has 104 valence electrons. The second-order valence-corrected chi connectivity index (χ2v) is 5.81. The third-order valence-corrected chi connectivity index (χ3v) is 4.48. The Bertz CT molecular complexity index is 636. The Morgan fingerprint density at radius 1 is 1.25 bits per heavy atom. The molecule has 1 saturated heterocycles. The first-order chi connectivity index (χ1) is 9.60. The van der Waals surface area contributed by atoms with Crippen molar-refractivity contribution >= 4 is 22.4 Å². The molecule has 0 bridgehead atoms. The van der Waals surface area contributed by atoms with Gasteiger partial charge in [-0.25, -0.2) is 0 Å². The van der Waals surface area contributed by atoms with Crippen molar-refractivity contribution in [3.05, 3.63) is 36.5 Å². The number of amidine groups is 1. The van der Waals surface area contributed by atoms with E-state index in [4.69, 9.17) is 11.1 Å². The molecule has 2 heterocycles. The standard InChI is InChI=1S/C16H20N4/c1-16(15(17)18)7-10-20(11-8-16)14-6-9-19-13-5-3-2-4-12(13)14/h2-6,9H,7-8,10-11H2,1H3,(H3,17,18). The van der Waals surface area contributed by atoms with E-state index < -0.39 is 0 Å². The average molecular weight is 268 g/mol. The van der Waals surface area contributed by atoms with Crippen molar-refractivity contribution in [3.8, 4) is 0 Å². The second kappa shape index (κ2) is 4.78. The van der Waals surface area contributed by atoms with Crippen LogP contribution in [0.1, 0.15) is 19.8 Å². The van der Waals surface area contributed by atoms with E-state index in [9.17, 15) is 0 Å². The van der Waals surface area contributed by atoms with Gasteiger partial charge in [-0.05, 0) is 25.0 Å². The van der Waals surface area contributed by atoms with Crippen LogP contribution in [0.3, 0.4) is 0 Å². The van der Waals surface area contributed by atoms with Crippen LogP contribution in [0, 0.1) is 10.8 Å². The number of pyridine rings is 1. The fraction of sp³-hybridized carbons (Fsp3) is 0.375. The number of nitrogens with two attached hydrogens (primary N) is 1. The van der Waals surface area contributed by atoms with Crippen molar-refractivity contribution < 1.29 is 0 Å². The van der Waals surface area contributed by atoms with Crippen LogP contribution in [0.5, 0.6) is 0 Å². The van der Waals surface area contributed by atoms with Crippen molar-refractivity contribution in [1.82, 2.24) is 4.98 Å². The average Bonchev–Trinajstić information content (AvgIpc) is 2.47. The zero-order valence-electron chi connectivity index (χ0n) is 11.8. The summed E-state index contributed by atoms with van der Waals surface area (Å²) in [6.07, 6.45) is 3.73. The van der Waals surface area contributed by atoms with Crippen molar-refractivity contribution in [2.45, 2.75) is 19.8 Å². The highest BCUT2D eigenvalue weighted by molar-refractivity contribution is 5.91. The van der Waals surface area contributed by atoms with Crippen LogP contribution < -0.4 is 10.6 Å². The number of benzene rings is 1. The van der Waals surface area contributed by atoms with Gasteiger partial charge in [0.25, 0.3) is 0 Å². The molecule has 4 heteroatoms. The van der Waals surface area contributed by atoms with Gasteiger partial charge in [-0.15, -0.1) is 0 Å². The molecule has 1 aliphatic rings. The van der Waals surface area contributed by atoms with Crippen molar-refractivity contribution in [3.63, 3.8) is 0 Å². The molecule has 4 nitrogen and oxygen atoms in total. The highest BCUT2D eigenvalue weighted by Crippen LogP contribution is 2.34. The summed E-state index contributed by atoms with van der Waals surface area (Å²) in [6.45, 7) is 3.96. The fourth-order valence-electron chi connectivity index (χ4n) is 2.87. The van der Waals surface area contributed by atoms with Gasteiger partial charge in [-0.3, -0.25) is 10.4 Å². The van der Waals surface area contributed by atoms with E-state index in [0.29, 0.717) is 5.84 Å². The predicted octanol–water partition coefficient (Wildman–Crippen LogP) is 2.78. The first-order valence-corrected chi connectivity index (χ1v) is 7.03. The Morgan fingerprint density at radius 3 is 2.65 bits per heavy atom. The zero-order valence-corrected chi connectivity index (χ0v) is 11.8. The number of fused-ring (bicyclic) bond motifs is 1. The molecule has 3 N–H and O–H groups in total. The first kappa shape index (κ1) is 12.9. The van der Waals surface area contributed by atoms with Gasteiger partial charge in [0.15, 0.2) is 0 Å². The number of piperidine rings is 1. The summed E-state index contributed by atoms with van der Waals surface area (Å²) in [7, 11) is 0. The van der Waals surface area contributed by atoms with E-state index in [0.717, 1.165) is 31.4 Å². The molecule has 0 saturated carbocycles. The first-order valence-electron chi connectivity index (χ1n) is 7.03. The van der Waals surface area contributed by atoms with Gasteiger partial charge in [0.05, 0.1) is 11.4 Å². The van der Waals surface area contributed by atoms with Gasteiger partial charge in [-0.2, -0.15) is 0 Å². The summed E-state index contributed by atoms with van der Waals surface area (Å²) in [6, 6.07) is 10.3. The quantitative estimate of drug-likeness (QED) is 0.650. The second-order valence-electron chi connectivity index (χ2n) is 5.81. The van der Waals surface area contributed by atoms with E-state index in [2.05, 4.69) is 35.0 Å². The summed E-state index contributed by atoms with van der Waals surface area (Å²) >= 11 is 0. The van der Waals surface area contributed by atoms with Gasteiger partial charge in [0.2, 0.25) is 0 Å². The van der Waals surface area contributed by atoms with Gasteiger partial charge in [0.1, 0.15) is 0 Å². The Morgan fingerprint density at radius 2 is 1.95 bits per heavy atom. The van der Waals surface area contributed by atoms with Crippen LogP contribution in [0.25, 0.3) is 10.9 Å².